The Balaban J connectivity index is 1.93. The fourth-order valence-corrected chi connectivity index (χ4v) is 3.39. The van der Waals surface area contributed by atoms with Crippen LogP contribution in [0, 0.1) is 0 Å². The van der Waals surface area contributed by atoms with Crippen molar-refractivity contribution in [2.24, 2.45) is 0 Å². The van der Waals surface area contributed by atoms with Crippen molar-refractivity contribution in [2.45, 2.75) is 39.0 Å². The van der Waals surface area contributed by atoms with Crippen LogP contribution in [0.25, 0.3) is 0 Å². The summed E-state index contributed by atoms with van der Waals surface area (Å²) in [4.78, 5) is 12.1. The van der Waals surface area contributed by atoms with Crippen molar-refractivity contribution < 1.29 is 23.0 Å². The van der Waals surface area contributed by atoms with E-state index in [0.29, 0.717) is 24.3 Å². The van der Waals surface area contributed by atoms with Crippen LogP contribution in [0.1, 0.15) is 25.3 Å². The van der Waals surface area contributed by atoms with Gasteiger partial charge in [0.05, 0.1) is 6.61 Å². The number of amides is 1. The van der Waals surface area contributed by atoms with E-state index in [0.717, 1.165) is 24.5 Å². The molecule has 140 valence electrons. The van der Waals surface area contributed by atoms with Gasteiger partial charge in [0.15, 0.2) is 0 Å². The van der Waals surface area contributed by atoms with Gasteiger partial charge in [-0.15, -0.1) is 0 Å². The van der Waals surface area contributed by atoms with Crippen LogP contribution in [0.4, 0.5) is 8.78 Å². The second kappa shape index (κ2) is 10.5. The molecule has 1 aliphatic rings. The zero-order valence-electron chi connectivity index (χ0n) is 14.2. The number of benzene rings is 1. The Morgan fingerprint density at radius 2 is 2.32 bits per heavy atom. The average Bonchev–Trinajstić information content (AvgIpc) is 2.59. The van der Waals surface area contributed by atoms with E-state index in [9.17, 15) is 13.6 Å². The van der Waals surface area contributed by atoms with Crippen LogP contribution < -0.4 is 20.1 Å². The third-order valence-corrected chi connectivity index (χ3v) is 4.76. The Morgan fingerprint density at radius 3 is 3.00 bits per heavy atom. The van der Waals surface area contributed by atoms with Crippen LogP contribution in [0.5, 0.6) is 11.5 Å². The van der Waals surface area contributed by atoms with E-state index in [2.05, 4.69) is 15.4 Å². The molecular formula is C17H24F2N2O3S. The molecule has 1 atom stereocenters. The van der Waals surface area contributed by atoms with Crippen LogP contribution in [0.3, 0.4) is 0 Å². The number of hydrogen-bond acceptors (Lipinski definition) is 5. The molecule has 0 bridgehead atoms. The van der Waals surface area contributed by atoms with Gasteiger partial charge < -0.3 is 20.1 Å². The molecule has 0 aliphatic carbocycles. The normalized spacial score (nSPS) is 17.4. The van der Waals surface area contributed by atoms with Crippen LogP contribution in [-0.2, 0) is 11.3 Å². The number of alkyl halides is 2. The lowest BCUT2D eigenvalue weighted by molar-refractivity contribution is -0.121. The van der Waals surface area contributed by atoms with E-state index in [-0.39, 0.29) is 24.2 Å². The van der Waals surface area contributed by atoms with Crippen molar-refractivity contribution >= 4 is 17.7 Å². The second-order valence-corrected chi connectivity index (χ2v) is 6.85. The first kappa shape index (κ1) is 19.8. The van der Waals surface area contributed by atoms with Crippen molar-refractivity contribution in [3.05, 3.63) is 23.8 Å². The van der Waals surface area contributed by atoms with Gasteiger partial charge in [-0.05, 0) is 18.6 Å². The topological polar surface area (TPSA) is 59.6 Å². The highest BCUT2D eigenvalue weighted by Gasteiger charge is 2.17. The van der Waals surface area contributed by atoms with Crippen LogP contribution in [0.15, 0.2) is 18.2 Å². The zero-order chi connectivity index (χ0) is 18.1. The van der Waals surface area contributed by atoms with Crippen molar-refractivity contribution in [2.75, 3.05) is 24.7 Å². The molecule has 5 nitrogen and oxygen atoms in total. The molecule has 0 aromatic heterocycles. The number of carbonyl (C=O) groups excluding carboxylic acids is 1. The molecule has 0 radical (unpaired) electrons. The summed E-state index contributed by atoms with van der Waals surface area (Å²) in [5.41, 5.74) is 0.489. The SMILES string of the molecule is CCCOc1ccc(CNC(=O)CC2CSCCN2)c(OC(F)F)c1. The number of carbonyl (C=O) groups is 1. The third kappa shape index (κ3) is 7.07. The molecule has 1 aromatic rings. The predicted molar refractivity (Wildman–Crippen MR) is 94.4 cm³/mol. The second-order valence-electron chi connectivity index (χ2n) is 5.70. The van der Waals surface area contributed by atoms with Crippen LogP contribution >= 0.6 is 11.8 Å². The molecular weight excluding hydrogens is 350 g/mol. The van der Waals surface area contributed by atoms with Crippen molar-refractivity contribution in [1.29, 1.82) is 0 Å². The monoisotopic (exact) mass is 374 g/mol. The average molecular weight is 374 g/mol. The van der Waals surface area contributed by atoms with Gasteiger partial charge in [0.2, 0.25) is 5.91 Å². The molecule has 2 N–H and O–H groups in total. The van der Waals surface area contributed by atoms with Gasteiger partial charge in [-0.1, -0.05) is 6.92 Å². The summed E-state index contributed by atoms with van der Waals surface area (Å²) in [6.07, 6.45) is 1.19. The Kier molecular flexibility index (Phi) is 8.27. The molecule has 1 unspecified atom stereocenters. The minimum atomic E-state index is -2.93. The fraction of sp³-hybridized carbons (Fsp3) is 0.588. The largest absolute Gasteiger partial charge is 0.493 e. The minimum absolute atomic E-state index is 0.0234. The van der Waals surface area contributed by atoms with Gasteiger partial charge >= 0.3 is 6.61 Å². The molecule has 0 spiro atoms. The Bertz CT molecular complexity index is 555. The number of rotatable bonds is 9. The van der Waals surface area contributed by atoms with Gasteiger partial charge in [0.1, 0.15) is 11.5 Å². The third-order valence-electron chi connectivity index (χ3n) is 3.63. The smallest absolute Gasteiger partial charge is 0.387 e. The highest BCUT2D eigenvalue weighted by atomic mass is 32.2. The number of ether oxygens (including phenoxy) is 2. The Hall–Kier alpha value is -1.54. The molecule has 1 fully saturated rings. The van der Waals surface area contributed by atoms with Gasteiger partial charge in [-0.25, -0.2) is 0 Å². The molecule has 1 aromatic carbocycles. The van der Waals surface area contributed by atoms with Crippen LogP contribution in [0.2, 0.25) is 0 Å². The Morgan fingerprint density at radius 1 is 1.48 bits per heavy atom. The first-order valence-electron chi connectivity index (χ1n) is 8.37. The van der Waals surface area contributed by atoms with E-state index in [1.54, 1.807) is 12.1 Å². The summed E-state index contributed by atoms with van der Waals surface area (Å²) >= 11 is 1.82. The maximum absolute atomic E-state index is 12.6. The van der Waals surface area contributed by atoms with Gasteiger partial charge in [0, 0.05) is 48.7 Å². The molecule has 2 rings (SSSR count). The highest BCUT2D eigenvalue weighted by molar-refractivity contribution is 7.99. The number of halogens is 2. The maximum Gasteiger partial charge on any atom is 0.387 e. The summed E-state index contributed by atoms with van der Waals surface area (Å²) in [7, 11) is 0. The van der Waals surface area contributed by atoms with E-state index < -0.39 is 6.61 Å². The lowest BCUT2D eigenvalue weighted by Crippen LogP contribution is -2.41. The molecule has 25 heavy (non-hydrogen) atoms. The lowest BCUT2D eigenvalue weighted by atomic mass is 10.1. The summed E-state index contributed by atoms with van der Waals surface area (Å²) in [5.74, 6) is 2.33. The standard InChI is InChI=1S/C17H24F2N2O3S/c1-2-6-23-14-4-3-12(15(9-14)24-17(18)19)10-21-16(22)8-13-11-25-7-5-20-13/h3-4,9,13,17,20H,2,5-8,10-11H2,1H3,(H,21,22). The number of nitrogens with one attached hydrogen (secondary N) is 2. The fourth-order valence-electron chi connectivity index (χ4n) is 2.44. The summed E-state index contributed by atoms with van der Waals surface area (Å²) in [6.45, 7) is 0.555. The van der Waals surface area contributed by atoms with Gasteiger partial charge in [0.25, 0.3) is 0 Å². The molecule has 0 saturated carbocycles. The van der Waals surface area contributed by atoms with Crippen molar-refractivity contribution in [3.8, 4) is 11.5 Å². The summed E-state index contributed by atoms with van der Waals surface area (Å²) in [6, 6.07) is 4.91. The predicted octanol–water partition coefficient (Wildman–Crippen LogP) is 2.79. The first-order chi connectivity index (χ1) is 12.1. The number of hydrogen-bond donors (Lipinski definition) is 2. The molecule has 1 saturated heterocycles. The Labute approximate surface area is 150 Å². The van der Waals surface area contributed by atoms with E-state index in [1.165, 1.54) is 6.07 Å². The highest BCUT2D eigenvalue weighted by Crippen LogP contribution is 2.26. The lowest BCUT2D eigenvalue weighted by Gasteiger charge is -2.22. The summed E-state index contributed by atoms with van der Waals surface area (Å²) < 4.78 is 35.3. The molecule has 1 heterocycles. The van der Waals surface area contributed by atoms with E-state index >= 15 is 0 Å². The number of thioether (sulfide) groups is 1. The maximum atomic E-state index is 12.6. The molecule has 8 heteroatoms. The van der Waals surface area contributed by atoms with E-state index in [4.69, 9.17) is 4.74 Å². The molecule has 1 aliphatic heterocycles. The zero-order valence-corrected chi connectivity index (χ0v) is 15.0. The van der Waals surface area contributed by atoms with E-state index in [1.807, 2.05) is 18.7 Å². The molecule has 1 amide bonds. The van der Waals surface area contributed by atoms with Crippen molar-refractivity contribution in [3.63, 3.8) is 0 Å². The van der Waals surface area contributed by atoms with Crippen LogP contribution in [-0.4, -0.2) is 43.2 Å². The first-order valence-corrected chi connectivity index (χ1v) is 9.52. The van der Waals surface area contributed by atoms with Gasteiger partial charge in [-0.3, -0.25) is 4.79 Å². The quantitative estimate of drug-likeness (QED) is 0.696. The summed E-state index contributed by atoms with van der Waals surface area (Å²) in [5, 5.41) is 6.06. The van der Waals surface area contributed by atoms with Gasteiger partial charge in [-0.2, -0.15) is 20.5 Å². The minimum Gasteiger partial charge on any atom is -0.493 e. The van der Waals surface area contributed by atoms with Crippen molar-refractivity contribution in [1.82, 2.24) is 10.6 Å².